The molecule has 0 aromatic heterocycles. The first-order chi connectivity index (χ1) is 7.24. The summed E-state index contributed by atoms with van der Waals surface area (Å²) in [5.41, 5.74) is 3.40. The number of rotatable bonds is 6. The van der Waals surface area contributed by atoms with E-state index >= 15 is 0 Å². The number of ether oxygens (including phenoxy) is 1. The SMILES string of the molecule is COCCONCc1cc(Cl)ccc1O. The highest BCUT2D eigenvalue weighted by Gasteiger charge is 2.01. The largest absolute Gasteiger partial charge is 0.508 e. The van der Waals surface area contributed by atoms with Crippen molar-refractivity contribution in [3.8, 4) is 5.75 Å². The van der Waals surface area contributed by atoms with Gasteiger partial charge in [0.2, 0.25) is 0 Å². The highest BCUT2D eigenvalue weighted by molar-refractivity contribution is 6.30. The predicted octanol–water partition coefficient (Wildman–Crippen LogP) is 1.71. The molecule has 0 aliphatic heterocycles. The molecule has 1 aromatic rings. The van der Waals surface area contributed by atoms with Crippen LogP contribution in [-0.4, -0.2) is 25.4 Å². The number of hydroxylamine groups is 1. The first-order valence-electron chi connectivity index (χ1n) is 4.55. The van der Waals surface area contributed by atoms with Crippen LogP contribution in [0.15, 0.2) is 18.2 Å². The molecule has 0 saturated carbocycles. The Bertz CT molecular complexity index is 307. The predicted molar refractivity (Wildman–Crippen MR) is 57.8 cm³/mol. The molecule has 84 valence electrons. The van der Waals surface area contributed by atoms with Gasteiger partial charge in [-0.25, -0.2) is 0 Å². The van der Waals surface area contributed by atoms with Crippen molar-refractivity contribution in [2.75, 3.05) is 20.3 Å². The van der Waals surface area contributed by atoms with Crippen molar-refractivity contribution < 1.29 is 14.7 Å². The second kappa shape index (κ2) is 6.63. The maximum absolute atomic E-state index is 9.46. The summed E-state index contributed by atoms with van der Waals surface area (Å²) < 4.78 is 4.80. The molecule has 1 rings (SSSR count). The standard InChI is InChI=1S/C10H14ClNO3/c1-14-4-5-15-12-7-8-6-9(11)2-3-10(8)13/h2-3,6,12-13H,4-5,7H2,1H3. The Morgan fingerprint density at radius 1 is 1.40 bits per heavy atom. The molecule has 4 nitrogen and oxygen atoms in total. The molecule has 0 heterocycles. The molecule has 5 heteroatoms. The molecule has 0 spiro atoms. The molecule has 0 saturated heterocycles. The third-order valence-corrected chi connectivity index (χ3v) is 2.03. The van der Waals surface area contributed by atoms with Crippen LogP contribution in [0.2, 0.25) is 5.02 Å². The van der Waals surface area contributed by atoms with Gasteiger partial charge < -0.3 is 9.84 Å². The van der Waals surface area contributed by atoms with E-state index in [0.29, 0.717) is 30.3 Å². The van der Waals surface area contributed by atoms with Crippen molar-refractivity contribution in [3.63, 3.8) is 0 Å². The average molecular weight is 232 g/mol. The highest BCUT2D eigenvalue weighted by atomic mass is 35.5. The molecule has 0 unspecified atom stereocenters. The van der Waals surface area contributed by atoms with Crippen LogP contribution in [0, 0.1) is 0 Å². The third kappa shape index (κ3) is 4.48. The topological polar surface area (TPSA) is 50.7 Å². The number of halogens is 1. The molecular formula is C10H14ClNO3. The maximum atomic E-state index is 9.46. The van der Waals surface area contributed by atoms with E-state index in [1.807, 2.05) is 0 Å². The molecular weight excluding hydrogens is 218 g/mol. The van der Waals surface area contributed by atoms with Crippen LogP contribution in [0.5, 0.6) is 5.75 Å². The lowest BCUT2D eigenvalue weighted by Crippen LogP contribution is -2.17. The van der Waals surface area contributed by atoms with Crippen LogP contribution < -0.4 is 5.48 Å². The normalized spacial score (nSPS) is 10.5. The van der Waals surface area contributed by atoms with Gasteiger partial charge in [-0.2, -0.15) is 5.48 Å². The Labute approximate surface area is 93.7 Å². The molecule has 0 aliphatic carbocycles. The second-order valence-corrected chi connectivity index (χ2v) is 3.37. The molecule has 0 amide bonds. The highest BCUT2D eigenvalue weighted by Crippen LogP contribution is 2.20. The van der Waals surface area contributed by atoms with Gasteiger partial charge >= 0.3 is 0 Å². The lowest BCUT2D eigenvalue weighted by atomic mass is 10.2. The van der Waals surface area contributed by atoms with E-state index in [9.17, 15) is 5.11 Å². The van der Waals surface area contributed by atoms with Crippen LogP contribution >= 0.6 is 11.6 Å². The van der Waals surface area contributed by atoms with E-state index in [-0.39, 0.29) is 5.75 Å². The summed E-state index contributed by atoms with van der Waals surface area (Å²) in [6.07, 6.45) is 0. The van der Waals surface area contributed by atoms with Gasteiger partial charge in [-0.3, -0.25) is 4.84 Å². The number of aromatic hydroxyl groups is 1. The van der Waals surface area contributed by atoms with Crippen LogP contribution in [-0.2, 0) is 16.1 Å². The van der Waals surface area contributed by atoms with Crippen LogP contribution in [0.1, 0.15) is 5.56 Å². The first kappa shape index (κ1) is 12.3. The number of benzene rings is 1. The minimum absolute atomic E-state index is 0.197. The van der Waals surface area contributed by atoms with Crippen molar-refractivity contribution >= 4 is 11.6 Å². The van der Waals surface area contributed by atoms with Crippen molar-refractivity contribution in [2.24, 2.45) is 0 Å². The lowest BCUT2D eigenvalue weighted by molar-refractivity contribution is 0.00322. The van der Waals surface area contributed by atoms with E-state index in [0.717, 1.165) is 0 Å². The number of nitrogens with one attached hydrogen (secondary N) is 1. The number of hydrogen-bond donors (Lipinski definition) is 2. The number of phenolic OH excluding ortho intramolecular Hbond substituents is 1. The zero-order valence-corrected chi connectivity index (χ0v) is 9.25. The van der Waals surface area contributed by atoms with Crippen LogP contribution in [0.3, 0.4) is 0 Å². The second-order valence-electron chi connectivity index (χ2n) is 2.94. The van der Waals surface area contributed by atoms with Gasteiger partial charge in [0.1, 0.15) is 5.75 Å². The molecule has 0 atom stereocenters. The molecule has 0 fully saturated rings. The smallest absolute Gasteiger partial charge is 0.120 e. The fourth-order valence-electron chi connectivity index (χ4n) is 1.02. The van der Waals surface area contributed by atoms with Crippen LogP contribution in [0.4, 0.5) is 0 Å². The first-order valence-corrected chi connectivity index (χ1v) is 4.93. The number of hydrogen-bond acceptors (Lipinski definition) is 4. The van der Waals surface area contributed by atoms with Crippen LogP contribution in [0.25, 0.3) is 0 Å². The molecule has 0 bridgehead atoms. The van der Waals surface area contributed by atoms with Gasteiger partial charge in [0.05, 0.1) is 13.2 Å². The molecule has 2 N–H and O–H groups in total. The van der Waals surface area contributed by atoms with E-state index in [4.69, 9.17) is 21.2 Å². The molecule has 0 radical (unpaired) electrons. The summed E-state index contributed by atoms with van der Waals surface area (Å²) in [5.74, 6) is 0.197. The van der Waals surface area contributed by atoms with Gasteiger partial charge in [-0.15, -0.1) is 0 Å². The Kier molecular flexibility index (Phi) is 5.42. The zero-order chi connectivity index (χ0) is 11.1. The van der Waals surface area contributed by atoms with Gasteiger partial charge in [0, 0.05) is 24.2 Å². The van der Waals surface area contributed by atoms with Crippen molar-refractivity contribution in [3.05, 3.63) is 28.8 Å². The van der Waals surface area contributed by atoms with Gasteiger partial charge in [0.25, 0.3) is 0 Å². The Morgan fingerprint density at radius 2 is 2.20 bits per heavy atom. The fourth-order valence-corrected chi connectivity index (χ4v) is 1.22. The zero-order valence-electron chi connectivity index (χ0n) is 8.50. The minimum atomic E-state index is 0.197. The van der Waals surface area contributed by atoms with Gasteiger partial charge in [-0.1, -0.05) is 11.6 Å². The Morgan fingerprint density at radius 3 is 2.93 bits per heavy atom. The monoisotopic (exact) mass is 231 g/mol. The molecule has 1 aromatic carbocycles. The van der Waals surface area contributed by atoms with E-state index < -0.39 is 0 Å². The van der Waals surface area contributed by atoms with Gasteiger partial charge in [0.15, 0.2) is 0 Å². The van der Waals surface area contributed by atoms with Crippen molar-refractivity contribution in [1.29, 1.82) is 0 Å². The fraction of sp³-hybridized carbons (Fsp3) is 0.400. The molecule has 0 aliphatic rings. The average Bonchev–Trinajstić information content (AvgIpc) is 2.23. The minimum Gasteiger partial charge on any atom is -0.508 e. The van der Waals surface area contributed by atoms with E-state index in [1.165, 1.54) is 0 Å². The lowest BCUT2D eigenvalue weighted by Gasteiger charge is -2.07. The summed E-state index contributed by atoms with van der Waals surface area (Å²) in [4.78, 5) is 5.04. The Balaban J connectivity index is 2.33. The summed E-state index contributed by atoms with van der Waals surface area (Å²) in [6.45, 7) is 1.38. The third-order valence-electron chi connectivity index (χ3n) is 1.80. The van der Waals surface area contributed by atoms with Gasteiger partial charge in [-0.05, 0) is 18.2 Å². The quantitative estimate of drug-likeness (QED) is 0.578. The maximum Gasteiger partial charge on any atom is 0.120 e. The number of phenols is 1. The number of methoxy groups -OCH3 is 1. The summed E-state index contributed by atoms with van der Waals surface area (Å²) in [6, 6.07) is 4.87. The Hall–Kier alpha value is -0.810. The van der Waals surface area contributed by atoms with Crippen molar-refractivity contribution in [1.82, 2.24) is 5.48 Å². The summed E-state index contributed by atoms with van der Waals surface area (Å²) in [7, 11) is 1.60. The summed E-state index contributed by atoms with van der Waals surface area (Å²) in [5, 5.41) is 10.0. The molecule has 15 heavy (non-hydrogen) atoms. The summed E-state index contributed by atoms with van der Waals surface area (Å²) >= 11 is 5.78. The van der Waals surface area contributed by atoms with E-state index in [2.05, 4.69) is 5.48 Å². The van der Waals surface area contributed by atoms with Crippen molar-refractivity contribution in [2.45, 2.75) is 6.54 Å². The van der Waals surface area contributed by atoms with E-state index in [1.54, 1.807) is 25.3 Å².